The monoisotopic (exact) mass is 504 g/mol. The summed E-state index contributed by atoms with van der Waals surface area (Å²) in [5.74, 6) is 0.474. The molecule has 0 heterocycles. The standard InChI is InChI=1S/C32H60N2O2/c1-5-9-13-17-21-33(22-18-14-10-6-2)27-29-25-30(32(36)26-31(29)35)28-34(23-19-15-11-7-3)24-20-16-12-8-4/h25-26,35-36H,5-24,27-28H2,1-4H3. The molecule has 0 saturated heterocycles. The normalized spacial score (nSPS) is 11.7. The van der Waals surface area contributed by atoms with E-state index in [0.717, 1.165) is 50.4 Å². The molecule has 1 aromatic rings. The fraction of sp³-hybridized carbons (Fsp3) is 0.812. The lowest BCUT2D eigenvalue weighted by Gasteiger charge is -2.25. The molecule has 0 aromatic heterocycles. The Labute approximate surface area is 224 Å². The zero-order valence-corrected chi connectivity index (χ0v) is 24.5. The van der Waals surface area contributed by atoms with Gasteiger partial charge in [-0.1, -0.05) is 105 Å². The number of aromatic hydroxyl groups is 2. The third-order valence-electron chi connectivity index (χ3n) is 7.38. The summed E-state index contributed by atoms with van der Waals surface area (Å²) >= 11 is 0. The molecular weight excluding hydrogens is 444 g/mol. The van der Waals surface area contributed by atoms with Crippen LogP contribution in [0.4, 0.5) is 0 Å². The molecule has 0 spiro atoms. The summed E-state index contributed by atoms with van der Waals surface area (Å²) in [4.78, 5) is 5.04. The number of rotatable bonds is 24. The Morgan fingerprint density at radius 2 is 0.750 bits per heavy atom. The molecule has 4 heteroatoms. The van der Waals surface area contributed by atoms with E-state index in [9.17, 15) is 10.2 Å². The van der Waals surface area contributed by atoms with Gasteiger partial charge in [0.15, 0.2) is 0 Å². The van der Waals surface area contributed by atoms with Crippen LogP contribution in [-0.4, -0.2) is 46.2 Å². The van der Waals surface area contributed by atoms with Crippen molar-refractivity contribution in [2.45, 2.75) is 144 Å². The average molecular weight is 505 g/mol. The van der Waals surface area contributed by atoms with Crippen LogP contribution in [0, 0.1) is 0 Å². The Bertz CT molecular complexity index is 574. The van der Waals surface area contributed by atoms with Crippen molar-refractivity contribution in [3.05, 3.63) is 23.3 Å². The van der Waals surface area contributed by atoms with Gasteiger partial charge in [-0.3, -0.25) is 9.80 Å². The maximum Gasteiger partial charge on any atom is 0.123 e. The Hall–Kier alpha value is -1.26. The van der Waals surface area contributed by atoms with Crippen molar-refractivity contribution in [3.8, 4) is 11.5 Å². The molecule has 0 fully saturated rings. The third-order valence-corrected chi connectivity index (χ3v) is 7.38. The topological polar surface area (TPSA) is 46.9 Å². The van der Waals surface area contributed by atoms with Gasteiger partial charge in [-0.05, 0) is 57.9 Å². The van der Waals surface area contributed by atoms with E-state index in [4.69, 9.17) is 0 Å². The summed E-state index contributed by atoms with van der Waals surface area (Å²) in [5, 5.41) is 21.4. The van der Waals surface area contributed by atoms with Crippen LogP contribution in [0.3, 0.4) is 0 Å². The molecule has 4 nitrogen and oxygen atoms in total. The first kappa shape index (κ1) is 32.8. The fourth-order valence-corrected chi connectivity index (χ4v) is 5.00. The molecule has 0 bridgehead atoms. The summed E-state index contributed by atoms with van der Waals surface area (Å²) in [7, 11) is 0. The van der Waals surface area contributed by atoms with E-state index in [-0.39, 0.29) is 11.5 Å². The second-order valence-electron chi connectivity index (χ2n) is 10.9. The highest BCUT2D eigenvalue weighted by atomic mass is 16.3. The van der Waals surface area contributed by atoms with Crippen LogP contribution in [-0.2, 0) is 13.1 Å². The van der Waals surface area contributed by atoms with Gasteiger partial charge in [-0.2, -0.15) is 0 Å². The van der Waals surface area contributed by atoms with E-state index in [2.05, 4.69) is 43.6 Å². The van der Waals surface area contributed by atoms with E-state index < -0.39 is 0 Å². The summed E-state index contributed by atoms with van der Waals surface area (Å²) in [6, 6.07) is 3.67. The number of phenols is 2. The molecule has 36 heavy (non-hydrogen) atoms. The SMILES string of the molecule is CCCCCCN(CCCCCC)Cc1cc(CN(CCCCCC)CCCCCC)c(O)cc1O. The van der Waals surface area contributed by atoms with Gasteiger partial charge in [0, 0.05) is 30.3 Å². The molecule has 0 aliphatic rings. The Kier molecular flexibility index (Phi) is 19.8. The van der Waals surface area contributed by atoms with E-state index in [0.29, 0.717) is 0 Å². The van der Waals surface area contributed by atoms with Crippen LogP contribution in [0.15, 0.2) is 12.1 Å². The Morgan fingerprint density at radius 1 is 0.444 bits per heavy atom. The van der Waals surface area contributed by atoms with Crippen LogP contribution in [0.1, 0.15) is 142 Å². The quantitative estimate of drug-likeness (QED) is 0.138. The second kappa shape index (κ2) is 21.8. The summed E-state index contributed by atoms with van der Waals surface area (Å²) in [6.45, 7) is 14.9. The van der Waals surface area contributed by atoms with Gasteiger partial charge in [-0.15, -0.1) is 0 Å². The number of benzene rings is 1. The minimum absolute atomic E-state index is 0.237. The minimum atomic E-state index is 0.237. The van der Waals surface area contributed by atoms with E-state index in [1.54, 1.807) is 6.07 Å². The van der Waals surface area contributed by atoms with Gasteiger partial charge in [0.1, 0.15) is 11.5 Å². The Morgan fingerprint density at radius 3 is 1.03 bits per heavy atom. The molecule has 0 amide bonds. The largest absolute Gasteiger partial charge is 0.507 e. The lowest BCUT2D eigenvalue weighted by Crippen LogP contribution is -2.27. The van der Waals surface area contributed by atoms with Gasteiger partial charge in [-0.25, -0.2) is 0 Å². The highest BCUT2D eigenvalue weighted by Gasteiger charge is 2.15. The van der Waals surface area contributed by atoms with Crippen LogP contribution in [0.2, 0.25) is 0 Å². The molecule has 0 saturated carbocycles. The number of hydrogen-bond acceptors (Lipinski definition) is 4. The van der Waals surface area contributed by atoms with Crippen LogP contribution in [0.5, 0.6) is 11.5 Å². The number of nitrogens with zero attached hydrogens (tertiary/aromatic N) is 2. The van der Waals surface area contributed by atoms with Crippen molar-refractivity contribution in [1.82, 2.24) is 9.80 Å². The summed E-state index contributed by atoms with van der Waals surface area (Å²) < 4.78 is 0. The number of phenolic OH excluding ortho intramolecular Hbond substituents is 2. The van der Waals surface area contributed by atoms with E-state index in [1.807, 2.05) is 0 Å². The van der Waals surface area contributed by atoms with Gasteiger partial charge >= 0.3 is 0 Å². The van der Waals surface area contributed by atoms with Gasteiger partial charge in [0.05, 0.1) is 0 Å². The van der Waals surface area contributed by atoms with Crippen molar-refractivity contribution < 1.29 is 10.2 Å². The minimum Gasteiger partial charge on any atom is -0.507 e. The van der Waals surface area contributed by atoms with E-state index >= 15 is 0 Å². The van der Waals surface area contributed by atoms with E-state index in [1.165, 1.54) is 103 Å². The molecule has 1 aromatic carbocycles. The smallest absolute Gasteiger partial charge is 0.123 e. The van der Waals surface area contributed by atoms with Crippen molar-refractivity contribution in [2.75, 3.05) is 26.2 Å². The second-order valence-corrected chi connectivity index (χ2v) is 10.9. The summed E-state index contributed by atoms with van der Waals surface area (Å²) in [5.41, 5.74) is 1.93. The zero-order chi connectivity index (χ0) is 26.4. The maximum absolute atomic E-state index is 10.7. The highest BCUT2D eigenvalue weighted by Crippen LogP contribution is 2.30. The van der Waals surface area contributed by atoms with Crippen molar-refractivity contribution in [3.63, 3.8) is 0 Å². The molecule has 0 radical (unpaired) electrons. The average Bonchev–Trinajstić information content (AvgIpc) is 2.87. The van der Waals surface area contributed by atoms with Crippen LogP contribution in [0.25, 0.3) is 0 Å². The summed E-state index contributed by atoms with van der Waals surface area (Å²) in [6.07, 6.45) is 20.2. The predicted molar refractivity (Wildman–Crippen MR) is 157 cm³/mol. The first-order valence-electron chi connectivity index (χ1n) is 15.5. The predicted octanol–water partition coefficient (Wildman–Crippen LogP) is 9.02. The van der Waals surface area contributed by atoms with Crippen LogP contribution >= 0.6 is 0 Å². The molecule has 0 aliphatic heterocycles. The highest BCUT2D eigenvalue weighted by molar-refractivity contribution is 5.45. The first-order valence-corrected chi connectivity index (χ1v) is 15.5. The Balaban J connectivity index is 2.89. The lowest BCUT2D eigenvalue weighted by molar-refractivity contribution is 0.244. The third kappa shape index (κ3) is 15.1. The van der Waals surface area contributed by atoms with Crippen LogP contribution < -0.4 is 0 Å². The zero-order valence-electron chi connectivity index (χ0n) is 24.5. The van der Waals surface area contributed by atoms with Gasteiger partial charge in [0.25, 0.3) is 0 Å². The molecule has 1 rings (SSSR count). The van der Waals surface area contributed by atoms with Gasteiger partial charge in [0.2, 0.25) is 0 Å². The maximum atomic E-state index is 10.7. The fourth-order valence-electron chi connectivity index (χ4n) is 5.00. The molecular formula is C32H60N2O2. The van der Waals surface area contributed by atoms with Crippen molar-refractivity contribution >= 4 is 0 Å². The van der Waals surface area contributed by atoms with Crippen molar-refractivity contribution in [2.24, 2.45) is 0 Å². The molecule has 2 N–H and O–H groups in total. The van der Waals surface area contributed by atoms with Gasteiger partial charge < -0.3 is 10.2 Å². The molecule has 0 unspecified atom stereocenters. The molecule has 210 valence electrons. The first-order chi connectivity index (χ1) is 17.5. The molecule has 0 atom stereocenters. The van der Waals surface area contributed by atoms with Crippen molar-refractivity contribution in [1.29, 1.82) is 0 Å². The molecule has 0 aliphatic carbocycles. The number of hydrogen-bond donors (Lipinski definition) is 2. The lowest BCUT2D eigenvalue weighted by atomic mass is 10.1. The number of unbranched alkanes of at least 4 members (excludes halogenated alkanes) is 12.